The van der Waals surface area contributed by atoms with Gasteiger partial charge in [-0.3, -0.25) is 4.79 Å². The van der Waals surface area contributed by atoms with E-state index >= 15 is 0 Å². The average Bonchev–Trinajstić information content (AvgIpc) is 3.39. The van der Waals surface area contributed by atoms with Crippen molar-refractivity contribution >= 4 is 22.8 Å². The Bertz CT molecular complexity index is 1280. The largest absolute Gasteiger partial charge is 0.446 e. The molecule has 3 aromatic heterocycles. The Balaban J connectivity index is 1.69. The molecular formula is C20H19N7O4. The molecule has 1 aromatic carbocycles. The summed E-state index contributed by atoms with van der Waals surface area (Å²) in [5, 5.41) is 25.7. The fourth-order valence-corrected chi connectivity index (χ4v) is 3.59. The number of carbonyl (C=O) groups is 1. The molecule has 11 heteroatoms. The maximum atomic E-state index is 13.0. The summed E-state index contributed by atoms with van der Waals surface area (Å²) in [5.74, 6) is 0.259. The van der Waals surface area contributed by atoms with E-state index in [2.05, 4.69) is 20.1 Å². The van der Waals surface area contributed by atoms with Crippen molar-refractivity contribution in [2.75, 3.05) is 18.8 Å². The number of carbonyl (C=O) groups excluding carboxylic acids is 1. The maximum absolute atomic E-state index is 13.0. The number of hydrogen-bond acceptors (Lipinski definition) is 9. The monoisotopic (exact) mass is 421 g/mol. The maximum Gasteiger partial charge on any atom is 0.275 e. The van der Waals surface area contributed by atoms with Gasteiger partial charge in [0.2, 0.25) is 11.8 Å². The fourth-order valence-electron chi connectivity index (χ4n) is 3.59. The summed E-state index contributed by atoms with van der Waals surface area (Å²) < 4.78 is 6.78. The van der Waals surface area contributed by atoms with Crippen LogP contribution >= 0.6 is 0 Å². The minimum atomic E-state index is -1.51. The predicted molar refractivity (Wildman–Crippen MR) is 108 cm³/mol. The van der Waals surface area contributed by atoms with Crippen LogP contribution in [-0.4, -0.2) is 64.9 Å². The number of oxazole rings is 1. The highest BCUT2D eigenvalue weighted by Gasteiger charge is 2.34. The lowest BCUT2D eigenvalue weighted by Gasteiger charge is -2.35. The van der Waals surface area contributed by atoms with Gasteiger partial charge in [0.25, 0.3) is 5.91 Å². The van der Waals surface area contributed by atoms with Crippen LogP contribution in [0, 0.1) is 0 Å². The van der Waals surface area contributed by atoms with Gasteiger partial charge in [-0.15, -0.1) is 0 Å². The van der Waals surface area contributed by atoms with Gasteiger partial charge in [0.1, 0.15) is 6.26 Å². The number of amides is 1. The number of nitrogens with zero attached hydrogens (tertiary/aromatic N) is 6. The fraction of sp³-hybridized carbons (Fsp3) is 0.250. The standard InChI is InChI=1S/C20H19N7O4/c1-20(30,18-22-6-7-31-18)11-2-3-13-14(8-11)27(15-4-5-23-19(21)24-15)25-16(13)17(29)26-9-12(28)10-26/h2-8,12,28,30H,9-10H2,1H3,(H2,21,23,24). The van der Waals surface area contributed by atoms with Gasteiger partial charge in [0, 0.05) is 30.7 Å². The van der Waals surface area contributed by atoms with E-state index in [0.29, 0.717) is 22.3 Å². The zero-order valence-corrected chi connectivity index (χ0v) is 16.5. The normalized spacial score (nSPS) is 16.3. The first-order valence-corrected chi connectivity index (χ1v) is 9.56. The summed E-state index contributed by atoms with van der Waals surface area (Å²) in [4.78, 5) is 26.7. The lowest BCUT2D eigenvalue weighted by molar-refractivity contribution is 0.00560. The number of rotatable bonds is 4. The molecule has 1 unspecified atom stereocenters. The Morgan fingerprint density at radius 3 is 2.74 bits per heavy atom. The molecule has 5 rings (SSSR count). The number of benzene rings is 1. The Kier molecular flexibility index (Phi) is 4.24. The van der Waals surface area contributed by atoms with E-state index in [9.17, 15) is 15.0 Å². The number of aliphatic hydroxyl groups excluding tert-OH is 1. The third-order valence-corrected chi connectivity index (χ3v) is 5.32. The molecule has 1 amide bonds. The molecule has 4 heterocycles. The van der Waals surface area contributed by atoms with Crippen LogP contribution in [0.15, 0.2) is 47.3 Å². The summed E-state index contributed by atoms with van der Waals surface area (Å²) in [6, 6.07) is 6.71. The second-order valence-corrected chi connectivity index (χ2v) is 7.54. The second-order valence-electron chi connectivity index (χ2n) is 7.54. The number of anilines is 1. The Hall–Kier alpha value is -3.83. The molecule has 0 aliphatic carbocycles. The molecule has 11 nitrogen and oxygen atoms in total. The molecule has 1 atom stereocenters. The van der Waals surface area contributed by atoms with Crippen LogP contribution in [0.4, 0.5) is 5.95 Å². The number of aromatic nitrogens is 5. The molecule has 0 saturated carbocycles. The first-order valence-electron chi connectivity index (χ1n) is 9.56. The van der Waals surface area contributed by atoms with Crippen molar-refractivity contribution in [3.63, 3.8) is 0 Å². The van der Waals surface area contributed by atoms with E-state index in [0.717, 1.165) is 0 Å². The van der Waals surface area contributed by atoms with E-state index in [1.165, 1.54) is 28.2 Å². The lowest BCUT2D eigenvalue weighted by Crippen LogP contribution is -2.53. The highest BCUT2D eigenvalue weighted by molar-refractivity contribution is 6.05. The summed E-state index contributed by atoms with van der Waals surface area (Å²) in [5.41, 5.74) is 5.46. The molecule has 1 saturated heterocycles. The van der Waals surface area contributed by atoms with Gasteiger partial charge in [-0.25, -0.2) is 14.6 Å². The Morgan fingerprint density at radius 1 is 1.26 bits per heavy atom. The van der Waals surface area contributed by atoms with Crippen LogP contribution in [0.3, 0.4) is 0 Å². The summed E-state index contributed by atoms with van der Waals surface area (Å²) >= 11 is 0. The lowest BCUT2D eigenvalue weighted by atomic mass is 9.94. The van der Waals surface area contributed by atoms with E-state index in [1.54, 1.807) is 31.2 Å². The van der Waals surface area contributed by atoms with E-state index in [4.69, 9.17) is 10.2 Å². The molecule has 4 N–H and O–H groups in total. The van der Waals surface area contributed by atoms with Crippen LogP contribution in [0.5, 0.6) is 0 Å². The zero-order chi connectivity index (χ0) is 21.8. The smallest absolute Gasteiger partial charge is 0.275 e. The van der Waals surface area contributed by atoms with Crippen molar-refractivity contribution in [2.24, 2.45) is 0 Å². The topological polar surface area (TPSA) is 156 Å². The third kappa shape index (κ3) is 3.10. The van der Waals surface area contributed by atoms with Crippen molar-refractivity contribution in [2.45, 2.75) is 18.6 Å². The number of nitrogen functional groups attached to an aromatic ring is 1. The van der Waals surface area contributed by atoms with Crippen LogP contribution in [0.2, 0.25) is 0 Å². The van der Waals surface area contributed by atoms with Crippen molar-refractivity contribution in [3.8, 4) is 5.82 Å². The first-order chi connectivity index (χ1) is 14.8. The number of β-amino-alcohol motifs (C(OH)–C–C–N with tert-alkyl or cyclic N) is 1. The number of aliphatic hydroxyl groups is 2. The van der Waals surface area contributed by atoms with Crippen LogP contribution in [0.25, 0.3) is 16.7 Å². The summed E-state index contributed by atoms with van der Waals surface area (Å²) in [7, 11) is 0. The van der Waals surface area contributed by atoms with E-state index < -0.39 is 11.7 Å². The molecule has 0 radical (unpaired) electrons. The van der Waals surface area contributed by atoms with Gasteiger partial charge < -0.3 is 25.3 Å². The van der Waals surface area contributed by atoms with Gasteiger partial charge in [-0.2, -0.15) is 10.1 Å². The quantitative estimate of drug-likeness (QED) is 0.426. The molecule has 0 bridgehead atoms. The average molecular weight is 421 g/mol. The molecule has 1 aliphatic heterocycles. The van der Waals surface area contributed by atoms with E-state index in [-0.39, 0.29) is 36.5 Å². The molecule has 31 heavy (non-hydrogen) atoms. The van der Waals surface area contributed by atoms with Crippen molar-refractivity contribution in [3.05, 3.63) is 60.1 Å². The minimum Gasteiger partial charge on any atom is -0.446 e. The van der Waals surface area contributed by atoms with Gasteiger partial charge in [-0.05, 0) is 24.6 Å². The van der Waals surface area contributed by atoms with Crippen molar-refractivity contribution < 1.29 is 19.4 Å². The Morgan fingerprint density at radius 2 is 2.06 bits per heavy atom. The molecular weight excluding hydrogens is 402 g/mol. The summed E-state index contributed by atoms with van der Waals surface area (Å²) in [6.07, 6.45) is 3.80. The predicted octanol–water partition coefficient (Wildman–Crippen LogP) is 0.458. The zero-order valence-electron chi connectivity index (χ0n) is 16.5. The first kappa shape index (κ1) is 19.2. The number of hydrogen-bond donors (Lipinski definition) is 3. The van der Waals surface area contributed by atoms with Gasteiger partial charge in [0.05, 0.1) is 17.8 Å². The SMILES string of the molecule is CC(O)(c1ccc2c(C(=O)N3CC(O)C3)nn(-c3ccnc(N)n3)c2c1)c1ncco1. The number of fused-ring (bicyclic) bond motifs is 1. The van der Waals surface area contributed by atoms with Crippen LogP contribution in [0.1, 0.15) is 28.9 Å². The van der Waals surface area contributed by atoms with Crippen LogP contribution in [-0.2, 0) is 5.60 Å². The highest BCUT2D eigenvalue weighted by atomic mass is 16.4. The minimum absolute atomic E-state index is 0.0582. The molecule has 4 aromatic rings. The molecule has 1 fully saturated rings. The molecule has 1 aliphatic rings. The van der Waals surface area contributed by atoms with Gasteiger partial charge >= 0.3 is 0 Å². The highest BCUT2D eigenvalue weighted by Crippen LogP contribution is 2.32. The van der Waals surface area contributed by atoms with E-state index in [1.807, 2.05) is 0 Å². The molecule has 158 valence electrons. The Labute approximate surface area is 175 Å². The number of likely N-dealkylation sites (tertiary alicyclic amines) is 1. The second kappa shape index (κ2) is 6.86. The van der Waals surface area contributed by atoms with Crippen molar-refractivity contribution in [1.82, 2.24) is 29.6 Å². The summed E-state index contributed by atoms with van der Waals surface area (Å²) in [6.45, 7) is 2.08. The number of nitrogens with two attached hydrogens (primary N) is 1. The van der Waals surface area contributed by atoms with Crippen molar-refractivity contribution in [1.29, 1.82) is 0 Å². The third-order valence-electron chi connectivity index (χ3n) is 5.32. The van der Waals surface area contributed by atoms with Gasteiger partial charge in [-0.1, -0.05) is 6.07 Å². The molecule has 0 spiro atoms. The van der Waals surface area contributed by atoms with Crippen LogP contribution < -0.4 is 5.73 Å². The van der Waals surface area contributed by atoms with Gasteiger partial charge in [0.15, 0.2) is 17.1 Å².